The fourth-order valence-corrected chi connectivity index (χ4v) is 16.9. The van der Waals surface area contributed by atoms with Gasteiger partial charge in [-0.2, -0.15) is 0 Å². The maximum Gasteiger partial charge on any atom is 0.0544 e. The number of aromatic nitrogens is 2. The molecule has 0 N–H and O–H groups in total. The highest BCUT2D eigenvalue weighted by Gasteiger charge is 2.34. The van der Waals surface area contributed by atoms with Gasteiger partial charge in [0.2, 0.25) is 0 Å². The Kier molecular flexibility index (Phi) is 11.5. The van der Waals surface area contributed by atoms with Gasteiger partial charge in [0.15, 0.2) is 0 Å². The van der Waals surface area contributed by atoms with Gasteiger partial charge in [-0.25, -0.2) is 0 Å². The number of rotatable bonds is 9. The monoisotopic (exact) mass is 1200 g/mol. The zero-order valence-corrected chi connectivity index (χ0v) is 52.3. The lowest BCUT2D eigenvalue weighted by molar-refractivity contribution is 1.17. The summed E-state index contributed by atoms with van der Waals surface area (Å²) in [6.45, 7) is 4.34. The average Bonchev–Trinajstić information content (AvgIpc) is 1.56. The Morgan fingerprint density at radius 2 is 0.596 bits per heavy atom. The van der Waals surface area contributed by atoms with Crippen LogP contribution in [0.4, 0.5) is 34.1 Å². The first-order chi connectivity index (χ1) is 46.4. The Morgan fingerprint density at radius 3 is 1.01 bits per heavy atom. The quantitative estimate of drug-likeness (QED) is 0.143. The van der Waals surface area contributed by atoms with Crippen LogP contribution in [-0.2, 0) is 25.7 Å². The van der Waals surface area contributed by atoms with Crippen molar-refractivity contribution < 1.29 is 0 Å². The number of hydrogen-bond donors (Lipinski definition) is 0. The van der Waals surface area contributed by atoms with Crippen molar-refractivity contribution in [3.63, 3.8) is 0 Å². The molecular weight excluding hydrogens is 1140 g/mol. The number of aryl methyl sites for hydroxylation is 2. The van der Waals surface area contributed by atoms with Gasteiger partial charge in [0.25, 0.3) is 0 Å². The molecule has 94 heavy (non-hydrogen) atoms. The van der Waals surface area contributed by atoms with Crippen molar-refractivity contribution >= 4 is 77.7 Å². The van der Waals surface area contributed by atoms with Crippen LogP contribution < -0.4 is 9.80 Å². The number of hydrogen-bond acceptors (Lipinski definition) is 2. The second kappa shape index (κ2) is 20.4. The number of nitrogens with zero attached hydrogens (tertiary/aromatic N) is 4. The van der Waals surface area contributed by atoms with Crippen LogP contribution in [0.1, 0.15) is 55.6 Å². The Hall–Kier alpha value is -11.7. The van der Waals surface area contributed by atoms with Crippen LogP contribution in [0.2, 0.25) is 0 Å². The summed E-state index contributed by atoms with van der Waals surface area (Å²) in [5.74, 6) is 0. The zero-order chi connectivity index (χ0) is 61.9. The molecule has 16 aromatic rings. The number of benzene rings is 14. The third-order valence-corrected chi connectivity index (χ3v) is 21.1. The topological polar surface area (TPSA) is 16.3 Å². The van der Waals surface area contributed by atoms with E-state index in [1.807, 2.05) is 0 Å². The summed E-state index contributed by atoms with van der Waals surface area (Å²) in [5, 5.41) is 5.18. The summed E-state index contributed by atoms with van der Waals surface area (Å²) in [6.07, 6.45) is 3.77. The highest BCUT2D eigenvalue weighted by atomic mass is 15.1. The van der Waals surface area contributed by atoms with Gasteiger partial charge in [-0.1, -0.05) is 181 Å². The fraction of sp³-hybridized carbons (Fsp3) is 0.0667. The first-order valence-electron chi connectivity index (χ1n) is 33.1. The van der Waals surface area contributed by atoms with Crippen molar-refractivity contribution in [1.82, 2.24) is 9.13 Å². The fourth-order valence-electron chi connectivity index (χ4n) is 16.9. The molecule has 2 aromatic heterocycles. The van der Waals surface area contributed by atoms with E-state index in [9.17, 15) is 0 Å². The lowest BCUT2D eigenvalue weighted by Crippen LogP contribution is -2.10. The molecule has 2 heterocycles. The van der Waals surface area contributed by atoms with Crippen LogP contribution >= 0.6 is 0 Å². The summed E-state index contributed by atoms with van der Waals surface area (Å²) in [4.78, 5) is 4.85. The molecular formula is C90H62N4. The van der Waals surface area contributed by atoms with Crippen LogP contribution in [-0.4, -0.2) is 9.13 Å². The first-order valence-corrected chi connectivity index (χ1v) is 33.1. The van der Waals surface area contributed by atoms with E-state index in [0.717, 1.165) is 70.9 Å². The zero-order valence-electron chi connectivity index (χ0n) is 52.3. The highest BCUT2D eigenvalue weighted by molar-refractivity contribution is 6.17. The highest BCUT2D eigenvalue weighted by Crippen LogP contribution is 2.55. The van der Waals surface area contributed by atoms with Crippen molar-refractivity contribution in [3.8, 4) is 67.0 Å². The minimum Gasteiger partial charge on any atom is -0.310 e. The Balaban J connectivity index is 0.681. The summed E-state index contributed by atoms with van der Waals surface area (Å²) in [5.41, 5.74) is 41.2. The maximum absolute atomic E-state index is 2.49. The largest absolute Gasteiger partial charge is 0.310 e. The summed E-state index contributed by atoms with van der Waals surface area (Å²) in [7, 11) is 0. The molecule has 4 aliphatic carbocycles. The SMILES string of the molecule is Cc1ccc(-n2c3ccc(N(c4ccccc4)c4ccc(-c5ccc(N(c6ccccc6)c6ccc7c(c6)c6c8c(ccc6n7-c6ccc(C)cc6)-c6c(ccc7c6-c6ccccc6C7)C8)cc5)cc4)cc3c3c4c(ccc32)-c2c(ccc3c2-c2ccccc2C3)C4)cc1. The van der Waals surface area contributed by atoms with E-state index in [2.05, 4.69) is 324 Å². The predicted octanol–water partition coefficient (Wildman–Crippen LogP) is 23.4. The molecule has 0 bridgehead atoms. The van der Waals surface area contributed by atoms with E-state index in [-0.39, 0.29) is 0 Å². The molecule has 4 nitrogen and oxygen atoms in total. The van der Waals surface area contributed by atoms with E-state index in [1.54, 1.807) is 0 Å². The van der Waals surface area contributed by atoms with Gasteiger partial charge in [-0.15, -0.1) is 0 Å². The molecule has 4 aliphatic rings. The Morgan fingerprint density at radius 1 is 0.255 bits per heavy atom. The smallest absolute Gasteiger partial charge is 0.0544 e. The van der Waals surface area contributed by atoms with Crippen LogP contribution in [0.15, 0.2) is 291 Å². The van der Waals surface area contributed by atoms with Crippen molar-refractivity contribution in [3.05, 3.63) is 347 Å². The molecule has 4 heteroatoms. The number of anilines is 6. The van der Waals surface area contributed by atoms with Crippen molar-refractivity contribution in [2.45, 2.75) is 39.5 Å². The van der Waals surface area contributed by atoms with Crippen LogP contribution in [0.25, 0.3) is 111 Å². The van der Waals surface area contributed by atoms with E-state index >= 15 is 0 Å². The molecule has 0 radical (unpaired) electrons. The van der Waals surface area contributed by atoms with E-state index in [4.69, 9.17) is 0 Å². The lowest BCUT2D eigenvalue weighted by atomic mass is 9.93. The van der Waals surface area contributed by atoms with Gasteiger partial charge in [0.1, 0.15) is 0 Å². The first kappa shape index (κ1) is 53.0. The minimum atomic E-state index is 0.899. The maximum atomic E-state index is 2.49. The van der Waals surface area contributed by atoms with E-state index in [1.165, 1.54) is 155 Å². The van der Waals surface area contributed by atoms with Crippen molar-refractivity contribution in [2.24, 2.45) is 0 Å². The minimum absolute atomic E-state index is 0.899. The molecule has 0 saturated carbocycles. The predicted molar refractivity (Wildman–Crippen MR) is 392 cm³/mol. The van der Waals surface area contributed by atoms with Gasteiger partial charge in [0.05, 0.1) is 22.1 Å². The molecule has 0 saturated heterocycles. The molecule has 20 rings (SSSR count). The summed E-state index contributed by atoms with van der Waals surface area (Å²) < 4.78 is 4.97. The van der Waals surface area contributed by atoms with Gasteiger partial charge >= 0.3 is 0 Å². The normalized spacial score (nSPS) is 12.8. The molecule has 442 valence electrons. The Labute approximate surface area is 546 Å². The summed E-state index contributed by atoms with van der Waals surface area (Å²) in [6, 6.07) is 110. The lowest BCUT2D eigenvalue weighted by Gasteiger charge is -2.26. The molecule has 0 fully saturated rings. The second-order valence-corrected chi connectivity index (χ2v) is 26.4. The van der Waals surface area contributed by atoms with Crippen molar-refractivity contribution in [2.75, 3.05) is 9.80 Å². The third-order valence-electron chi connectivity index (χ3n) is 21.1. The van der Waals surface area contributed by atoms with Gasteiger partial charge in [0, 0.05) is 67.0 Å². The van der Waals surface area contributed by atoms with E-state index < -0.39 is 0 Å². The van der Waals surface area contributed by atoms with Gasteiger partial charge < -0.3 is 18.9 Å². The molecule has 0 atom stereocenters. The summed E-state index contributed by atoms with van der Waals surface area (Å²) >= 11 is 0. The standard InChI is InChI=1S/C90H62N4/c1-55-21-33-69(34-22-55)93-81-45-41-71(53-79(81)89-77-51-63-27-25-61-49-59-13-9-11-19-73(59)85(61)87(63)75(77)43-47-83(89)93)91(65-15-5-3-6-16-65)67-37-29-57(30-38-67)58-31-39-68(40-32-58)92(66-17-7-4-8-18-66)72-42-46-82-80(54-72)90-78-52-64-28-26-62-50-60-14-10-12-20-74(60)86(62)88(64)76(78)44-48-84(90)94(82)70-35-23-56(2)24-36-70/h3-48,53-54H,49-52H2,1-2H3. The van der Waals surface area contributed by atoms with Gasteiger partial charge in [-0.3, -0.25) is 0 Å². The van der Waals surface area contributed by atoms with Gasteiger partial charge in [-0.05, 0) is 261 Å². The molecule has 0 unspecified atom stereocenters. The van der Waals surface area contributed by atoms with Crippen LogP contribution in [0.3, 0.4) is 0 Å². The number of fused-ring (bicyclic) bond motifs is 22. The molecule has 14 aromatic carbocycles. The second-order valence-electron chi connectivity index (χ2n) is 26.4. The Bertz CT molecular complexity index is 5470. The number of para-hydroxylation sites is 2. The average molecular weight is 1200 g/mol. The molecule has 0 spiro atoms. The van der Waals surface area contributed by atoms with Crippen molar-refractivity contribution in [1.29, 1.82) is 0 Å². The molecule has 0 amide bonds. The van der Waals surface area contributed by atoms with Crippen LogP contribution in [0, 0.1) is 13.8 Å². The van der Waals surface area contributed by atoms with Crippen LogP contribution in [0.5, 0.6) is 0 Å². The molecule has 0 aliphatic heterocycles. The third kappa shape index (κ3) is 7.93. The van der Waals surface area contributed by atoms with E-state index in [0.29, 0.717) is 0 Å².